The first-order valence-corrected chi connectivity index (χ1v) is 7.49. The van der Waals surface area contributed by atoms with Gasteiger partial charge in [0.2, 0.25) is 0 Å². The van der Waals surface area contributed by atoms with Crippen molar-refractivity contribution in [1.29, 1.82) is 0 Å². The fraction of sp³-hybridized carbons (Fsp3) is 0.389. The zero-order valence-electron chi connectivity index (χ0n) is 13.2. The minimum Gasteiger partial charge on any atom is -0.384 e. The third kappa shape index (κ3) is 3.54. The first-order chi connectivity index (χ1) is 10.0. The Morgan fingerprint density at radius 3 is 2.76 bits per heavy atom. The van der Waals surface area contributed by atoms with Crippen molar-refractivity contribution in [2.24, 2.45) is 16.6 Å². The summed E-state index contributed by atoms with van der Waals surface area (Å²) < 4.78 is 0. The third-order valence-corrected chi connectivity index (χ3v) is 4.13. The number of amidine groups is 1. The zero-order valence-corrected chi connectivity index (χ0v) is 13.2. The molecule has 0 saturated carbocycles. The fourth-order valence-electron chi connectivity index (χ4n) is 2.82. The second-order valence-electron chi connectivity index (χ2n) is 5.83. The molecule has 1 aromatic carbocycles. The summed E-state index contributed by atoms with van der Waals surface area (Å²) in [6.45, 7) is 8.57. The summed E-state index contributed by atoms with van der Waals surface area (Å²) in [7, 11) is 1.74. The molecular weight excluding hydrogens is 258 g/mol. The van der Waals surface area contributed by atoms with Crippen molar-refractivity contribution >= 4 is 11.5 Å². The van der Waals surface area contributed by atoms with Crippen LogP contribution in [0.1, 0.15) is 37.3 Å². The van der Waals surface area contributed by atoms with Crippen LogP contribution in [0.5, 0.6) is 0 Å². The number of rotatable bonds is 4. The van der Waals surface area contributed by atoms with Gasteiger partial charge in [0.1, 0.15) is 5.84 Å². The summed E-state index contributed by atoms with van der Waals surface area (Å²) >= 11 is 0. The van der Waals surface area contributed by atoms with Crippen LogP contribution in [0.15, 0.2) is 47.1 Å². The molecule has 2 rings (SSSR count). The van der Waals surface area contributed by atoms with E-state index in [0.29, 0.717) is 11.8 Å². The summed E-state index contributed by atoms with van der Waals surface area (Å²) in [6, 6.07) is 8.27. The number of nitrogens with two attached hydrogens (primary N) is 1. The summed E-state index contributed by atoms with van der Waals surface area (Å²) in [4.78, 5) is 4.15. The van der Waals surface area contributed by atoms with Crippen LogP contribution in [0.4, 0.5) is 0 Å². The highest BCUT2D eigenvalue weighted by atomic mass is 14.9. The van der Waals surface area contributed by atoms with Crippen molar-refractivity contribution in [3.63, 3.8) is 0 Å². The van der Waals surface area contributed by atoms with Crippen LogP contribution in [0.25, 0.3) is 5.70 Å². The van der Waals surface area contributed by atoms with E-state index in [9.17, 15) is 0 Å². The Kier molecular flexibility index (Phi) is 4.84. The van der Waals surface area contributed by atoms with E-state index in [0.717, 1.165) is 36.1 Å². The average Bonchev–Trinajstić information content (AvgIpc) is 2.47. The molecule has 3 heteroatoms. The molecule has 0 amide bonds. The van der Waals surface area contributed by atoms with Crippen molar-refractivity contribution in [1.82, 2.24) is 5.32 Å². The van der Waals surface area contributed by atoms with Gasteiger partial charge in [0.25, 0.3) is 0 Å². The molecule has 0 fully saturated rings. The lowest BCUT2D eigenvalue weighted by molar-refractivity contribution is 0.492. The Morgan fingerprint density at radius 1 is 1.38 bits per heavy atom. The van der Waals surface area contributed by atoms with Crippen molar-refractivity contribution < 1.29 is 0 Å². The topological polar surface area (TPSA) is 50.4 Å². The molecule has 0 saturated heterocycles. The van der Waals surface area contributed by atoms with E-state index in [1.807, 2.05) is 12.1 Å². The number of aliphatic imine (C=N–C) groups is 1. The number of nitrogens with zero attached hydrogens (tertiary/aromatic N) is 1. The van der Waals surface area contributed by atoms with Gasteiger partial charge in [0.15, 0.2) is 0 Å². The minimum absolute atomic E-state index is 0.641. The minimum atomic E-state index is 0.641. The van der Waals surface area contributed by atoms with Gasteiger partial charge < -0.3 is 11.1 Å². The molecule has 112 valence electrons. The standard InChI is InChI=1S/C18H25N3/c1-12-9-10-16(18(19)20-4)17(11-12)21-14(3)15-8-6-5-7-13(15)2/h5-8,12,21H,3,9-11H2,1-2,4H3,(H2,19,20). The van der Waals surface area contributed by atoms with Crippen LogP contribution in [0, 0.1) is 12.8 Å². The molecule has 3 nitrogen and oxygen atoms in total. The first kappa shape index (κ1) is 15.4. The van der Waals surface area contributed by atoms with Gasteiger partial charge in [-0.1, -0.05) is 37.8 Å². The third-order valence-electron chi connectivity index (χ3n) is 4.13. The van der Waals surface area contributed by atoms with E-state index in [4.69, 9.17) is 5.73 Å². The van der Waals surface area contributed by atoms with Crippen LogP contribution in [-0.4, -0.2) is 12.9 Å². The van der Waals surface area contributed by atoms with E-state index in [1.165, 1.54) is 11.3 Å². The van der Waals surface area contributed by atoms with Gasteiger partial charge in [0, 0.05) is 29.6 Å². The first-order valence-electron chi connectivity index (χ1n) is 7.49. The zero-order chi connectivity index (χ0) is 15.4. The number of nitrogens with one attached hydrogen (secondary N) is 1. The smallest absolute Gasteiger partial charge is 0.122 e. The van der Waals surface area contributed by atoms with Crippen molar-refractivity contribution in [3.05, 3.63) is 53.2 Å². The maximum absolute atomic E-state index is 6.05. The van der Waals surface area contributed by atoms with Crippen LogP contribution in [-0.2, 0) is 0 Å². The lowest BCUT2D eigenvalue weighted by Gasteiger charge is -2.26. The van der Waals surface area contributed by atoms with E-state index in [2.05, 4.69) is 42.9 Å². The van der Waals surface area contributed by atoms with Gasteiger partial charge in [-0.05, 0) is 37.7 Å². The molecule has 1 atom stereocenters. The molecule has 1 aromatic rings. The van der Waals surface area contributed by atoms with E-state index in [-0.39, 0.29) is 0 Å². The highest BCUT2D eigenvalue weighted by molar-refractivity contribution is 5.97. The molecule has 0 aliphatic heterocycles. The summed E-state index contributed by atoms with van der Waals surface area (Å²) in [5, 5.41) is 3.50. The molecular formula is C18H25N3. The van der Waals surface area contributed by atoms with Crippen LogP contribution in [0.3, 0.4) is 0 Å². The lowest BCUT2D eigenvalue weighted by Crippen LogP contribution is -2.26. The molecule has 0 spiro atoms. The highest BCUT2D eigenvalue weighted by Crippen LogP contribution is 2.29. The number of benzene rings is 1. The molecule has 1 aliphatic carbocycles. The molecule has 1 unspecified atom stereocenters. The average molecular weight is 283 g/mol. The molecule has 0 radical (unpaired) electrons. The highest BCUT2D eigenvalue weighted by Gasteiger charge is 2.20. The molecule has 3 N–H and O–H groups in total. The molecule has 0 bridgehead atoms. The van der Waals surface area contributed by atoms with Gasteiger partial charge >= 0.3 is 0 Å². The van der Waals surface area contributed by atoms with E-state index < -0.39 is 0 Å². The monoisotopic (exact) mass is 283 g/mol. The lowest BCUT2D eigenvalue weighted by atomic mass is 9.87. The van der Waals surface area contributed by atoms with Gasteiger partial charge in [0.05, 0.1) is 0 Å². The normalized spacial score (nSPS) is 19.6. The number of allylic oxidation sites excluding steroid dienone is 1. The Balaban J connectivity index is 2.28. The second-order valence-corrected chi connectivity index (χ2v) is 5.83. The van der Waals surface area contributed by atoms with Gasteiger partial charge in [-0.2, -0.15) is 0 Å². The van der Waals surface area contributed by atoms with Crippen molar-refractivity contribution in [2.45, 2.75) is 33.1 Å². The SMILES string of the molecule is C=C(NC1=C(C(N)=NC)CCC(C)C1)c1ccccc1C. The van der Waals surface area contributed by atoms with Gasteiger partial charge in [-0.15, -0.1) is 0 Å². The van der Waals surface area contributed by atoms with E-state index >= 15 is 0 Å². The second kappa shape index (κ2) is 6.61. The molecule has 0 heterocycles. The van der Waals surface area contributed by atoms with E-state index in [1.54, 1.807) is 7.05 Å². The predicted octanol–water partition coefficient (Wildman–Crippen LogP) is 3.62. The Morgan fingerprint density at radius 2 is 2.10 bits per heavy atom. The number of hydrogen-bond acceptors (Lipinski definition) is 2. The van der Waals surface area contributed by atoms with Gasteiger partial charge in [-0.25, -0.2) is 0 Å². The summed E-state index contributed by atoms with van der Waals surface area (Å²) in [5.41, 5.74) is 11.7. The Bertz CT molecular complexity index is 596. The van der Waals surface area contributed by atoms with Crippen molar-refractivity contribution in [2.75, 3.05) is 7.05 Å². The fourth-order valence-corrected chi connectivity index (χ4v) is 2.82. The predicted molar refractivity (Wildman–Crippen MR) is 90.9 cm³/mol. The number of aryl methyl sites for hydroxylation is 1. The Labute approximate surface area is 127 Å². The van der Waals surface area contributed by atoms with Crippen molar-refractivity contribution in [3.8, 4) is 0 Å². The summed E-state index contributed by atoms with van der Waals surface area (Å²) in [6.07, 6.45) is 3.14. The van der Waals surface area contributed by atoms with Crippen LogP contribution >= 0.6 is 0 Å². The summed E-state index contributed by atoms with van der Waals surface area (Å²) in [5.74, 6) is 1.30. The largest absolute Gasteiger partial charge is 0.384 e. The molecule has 1 aliphatic rings. The number of hydrogen-bond donors (Lipinski definition) is 2. The Hall–Kier alpha value is -2.03. The van der Waals surface area contributed by atoms with Gasteiger partial charge in [-0.3, -0.25) is 4.99 Å². The molecule has 21 heavy (non-hydrogen) atoms. The maximum atomic E-state index is 6.05. The van der Waals surface area contributed by atoms with Crippen LogP contribution in [0.2, 0.25) is 0 Å². The maximum Gasteiger partial charge on any atom is 0.122 e. The van der Waals surface area contributed by atoms with Crippen LogP contribution < -0.4 is 11.1 Å². The molecule has 0 aromatic heterocycles. The quantitative estimate of drug-likeness (QED) is 0.655.